The molecule has 6 nitrogen and oxygen atoms in total. The summed E-state index contributed by atoms with van der Waals surface area (Å²) in [5, 5.41) is 4.50. The number of ether oxygens (including phenoxy) is 1. The van der Waals surface area contributed by atoms with Crippen molar-refractivity contribution in [3.05, 3.63) is 102 Å². The first-order valence-electron chi connectivity index (χ1n) is 10.5. The van der Waals surface area contributed by atoms with Crippen molar-refractivity contribution in [2.75, 3.05) is 18.4 Å². The Hall–Kier alpha value is -3.84. The second-order valence-corrected chi connectivity index (χ2v) is 9.20. The highest BCUT2D eigenvalue weighted by molar-refractivity contribution is 7.92. The van der Waals surface area contributed by atoms with Crippen LogP contribution < -0.4 is 14.8 Å². The van der Waals surface area contributed by atoms with Crippen LogP contribution in [0.4, 0.5) is 5.69 Å². The van der Waals surface area contributed by atoms with Gasteiger partial charge in [-0.1, -0.05) is 54.6 Å². The number of methoxy groups -OCH3 is 1. The fourth-order valence-electron chi connectivity index (χ4n) is 3.53. The number of anilines is 1. The highest BCUT2D eigenvalue weighted by Gasteiger charge is 2.19. The lowest BCUT2D eigenvalue weighted by Gasteiger charge is -2.13. The SMILES string of the molecule is COc1ccc2cc(S(=O)(=O)Nc3ccccc3C(=O)NCCc3ccccc3)ccc2c1. The second kappa shape index (κ2) is 9.75. The van der Waals surface area contributed by atoms with Gasteiger partial charge in [-0.3, -0.25) is 9.52 Å². The Morgan fingerprint density at radius 1 is 0.848 bits per heavy atom. The van der Waals surface area contributed by atoms with Crippen molar-refractivity contribution in [3.63, 3.8) is 0 Å². The van der Waals surface area contributed by atoms with E-state index in [-0.39, 0.29) is 22.1 Å². The number of sulfonamides is 1. The molecule has 0 unspecified atom stereocenters. The Bertz CT molecular complexity index is 1390. The van der Waals surface area contributed by atoms with Gasteiger partial charge in [-0.05, 0) is 59.2 Å². The highest BCUT2D eigenvalue weighted by Crippen LogP contribution is 2.26. The first-order valence-corrected chi connectivity index (χ1v) is 12.0. The van der Waals surface area contributed by atoms with Crippen molar-refractivity contribution in [3.8, 4) is 5.75 Å². The Kier molecular flexibility index (Phi) is 6.60. The molecular weight excluding hydrogens is 436 g/mol. The predicted octanol–water partition coefficient (Wildman–Crippen LogP) is 4.62. The molecule has 0 saturated heterocycles. The molecular formula is C26H24N2O4S. The lowest BCUT2D eigenvalue weighted by Crippen LogP contribution is -2.27. The molecule has 4 aromatic rings. The van der Waals surface area contributed by atoms with Crippen LogP contribution in [-0.4, -0.2) is 28.0 Å². The van der Waals surface area contributed by atoms with Gasteiger partial charge in [0.2, 0.25) is 0 Å². The number of para-hydroxylation sites is 1. The summed E-state index contributed by atoms with van der Waals surface area (Å²) in [5.74, 6) is 0.360. The maximum Gasteiger partial charge on any atom is 0.261 e. The van der Waals surface area contributed by atoms with Gasteiger partial charge in [0.05, 0.1) is 23.3 Å². The molecule has 4 aromatic carbocycles. The van der Waals surface area contributed by atoms with Gasteiger partial charge >= 0.3 is 0 Å². The Morgan fingerprint density at radius 2 is 1.55 bits per heavy atom. The molecule has 4 rings (SSSR count). The largest absolute Gasteiger partial charge is 0.497 e. The van der Waals surface area contributed by atoms with E-state index in [1.54, 1.807) is 55.6 Å². The molecule has 0 aliphatic carbocycles. The van der Waals surface area contributed by atoms with Crippen molar-refractivity contribution < 1.29 is 17.9 Å². The van der Waals surface area contributed by atoms with E-state index in [1.807, 2.05) is 36.4 Å². The van der Waals surface area contributed by atoms with Crippen LogP contribution >= 0.6 is 0 Å². The summed E-state index contributed by atoms with van der Waals surface area (Å²) in [6, 6.07) is 26.7. The fourth-order valence-corrected chi connectivity index (χ4v) is 4.64. The molecule has 0 saturated carbocycles. The Morgan fingerprint density at radius 3 is 2.33 bits per heavy atom. The number of rotatable bonds is 8. The van der Waals surface area contributed by atoms with E-state index in [9.17, 15) is 13.2 Å². The summed E-state index contributed by atoms with van der Waals surface area (Å²) in [5.41, 5.74) is 1.60. The van der Waals surface area contributed by atoms with E-state index < -0.39 is 10.0 Å². The van der Waals surface area contributed by atoms with Gasteiger partial charge < -0.3 is 10.1 Å². The number of hydrogen-bond donors (Lipinski definition) is 2. The monoisotopic (exact) mass is 460 g/mol. The number of carbonyl (C=O) groups excluding carboxylic acids is 1. The van der Waals surface area contributed by atoms with Crippen LogP contribution in [0.5, 0.6) is 5.75 Å². The molecule has 0 fully saturated rings. The molecule has 0 aliphatic rings. The molecule has 0 atom stereocenters. The van der Waals surface area contributed by atoms with Crippen molar-refractivity contribution in [2.45, 2.75) is 11.3 Å². The van der Waals surface area contributed by atoms with Crippen molar-refractivity contribution in [1.29, 1.82) is 0 Å². The van der Waals surface area contributed by atoms with Gasteiger partial charge in [0.1, 0.15) is 5.75 Å². The van der Waals surface area contributed by atoms with Crippen LogP contribution in [0.3, 0.4) is 0 Å². The molecule has 7 heteroatoms. The zero-order valence-electron chi connectivity index (χ0n) is 18.1. The minimum Gasteiger partial charge on any atom is -0.497 e. The molecule has 0 bridgehead atoms. The molecule has 33 heavy (non-hydrogen) atoms. The number of fused-ring (bicyclic) bond motifs is 1. The number of carbonyl (C=O) groups is 1. The smallest absolute Gasteiger partial charge is 0.261 e. The molecule has 0 radical (unpaired) electrons. The average molecular weight is 461 g/mol. The van der Waals surface area contributed by atoms with Crippen LogP contribution in [0.15, 0.2) is 95.9 Å². The zero-order chi connectivity index (χ0) is 23.3. The Labute approximate surface area is 193 Å². The Balaban J connectivity index is 1.51. The fraction of sp³-hybridized carbons (Fsp3) is 0.115. The summed E-state index contributed by atoms with van der Waals surface area (Å²) in [7, 11) is -2.32. The topological polar surface area (TPSA) is 84.5 Å². The van der Waals surface area contributed by atoms with Crippen LogP contribution in [0.25, 0.3) is 10.8 Å². The number of benzene rings is 4. The summed E-state index contributed by atoms with van der Waals surface area (Å²) < 4.78 is 33.9. The van der Waals surface area contributed by atoms with E-state index in [2.05, 4.69) is 10.0 Å². The van der Waals surface area contributed by atoms with Crippen molar-refractivity contribution in [1.82, 2.24) is 5.32 Å². The summed E-state index contributed by atoms with van der Waals surface area (Å²) in [4.78, 5) is 12.9. The quantitative estimate of drug-likeness (QED) is 0.402. The zero-order valence-corrected chi connectivity index (χ0v) is 18.9. The van der Waals surface area contributed by atoms with E-state index in [1.165, 1.54) is 6.07 Å². The van der Waals surface area contributed by atoms with Gasteiger partial charge in [-0.2, -0.15) is 0 Å². The van der Waals surface area contributed by atoms with Gasteiger partial charge in [-0.15, -0.1) is 0 Å². The van der Waals surface area contributed by atoms with Crippen LogP contribution in [0.2, 0.25) is 0 Å². The molecule has 0 spiro atoms. The third-order valence-electron chi connectivity index (χ3n) is 5.29. The second-order valence-electron chi connectivity index (χ2n) is 7.52. The third kappa shape index (κ3) is 5.32. The van der Waals surface area contributed by atoms with E-state index in [0.717, 1.165) is 16.3 Å². The minimum atomic E-state index is -3.90. The molecule has 2 N–H and O–H groups in total. The number of hydrogen-bond acceptors (Lipinski definition) is 4. The van der Waals surface area contributed by atoms with Crippen LogP contribution in [0.1, 0.15) is 15.9 Å². The van der Waals surface area contributed by atoms with Gasteiger partial charge in [0.15, 0.2) is 0 Å². The molecule has 0 aromatic heterocycles. The molecule has 1 amide bonds. The van der Waals surface area contributed by atoms with Gasteiger partial charge in [0, 0.05) is 6.54 Å². The summed E-state index contributed by atoms with van der Waals surface area (Å²) >= 11 is 0. The maximum absolute atomic E-state index is 13.1. The van der Waals surface area contributed by atoms with E-state index in [0.29, 0.717) is 18.7 Å². The number of amides is 1. The van der Waals surface area contributed by atoms with Crippen LogP contribution in [0, 0.1) is 0 Å². The average Bonchev–Trinajstić information content (AvgIpc) is 2.84. The lowest BCUT2D eigenvalue weighted by atomic mass is 10.1. The van der Waals surface area contributed by atoms with Crippen molar-refractivity contribution >= 4 is 32.4 Å². The van der Waals surface area contributed by atoms with Gasteiger partial charge in [-0.25, -0.2) is 8.42 Å². The third-order valence-corrected chi connectivity index (χ3v) is 6.65. The van der Waals surface area contributed by atoms with Gasteiger partial charge in [0.25, 0.3) is 15.9 Å². The standard InChI is InChI=1S/C26H24N2O4S/c1-32-22-13-11-21-18-23(14-12-20(21)17-22)33(30,31)28-25-10-6-5-9-24(25)26(29)27-16-15-19-7-3-2-4-8-19/h2-14,17-18,28H,15-16H2,1H3,(H,27,29). The summed E-state index contributed by atoms with van der Waals surface area (Å²) in [6.45, 7) is 0.443. The van der Waals surface area contributed by atoms with Crippen LogP contribution in [-0.2, 0) is 16.4 Å². The molecule has 0 heterocycles. The minimum absolute atomic E-state index is 0.111. The maximum atomic E-state index is 13.1. The predicted molar refractivity (Wildman–Crippen MR) is 130 cm³/mol. The van der Waals surface area contributed by atoms with Crippen molar-refractivity contribution in [2.24, 2.45) is 0 Å². The highest BCUT2D eigenvalue weighted by atomic mass is 32.2. The van der Waals surface area contributed by atoms with E-state index in [4.69, 9.17) is 4.74 Å². The molecule has 0 aliphatic heterocycles. The lowest BCUT2D eigenvalue weighted by molar-refractivity contribution is 0.0955. The first kappa shape index (κ1) is 22.4. The summed E-state index contributed by atoms with van der Waals surface area (Å²) in [6.07, 6.45) is 0.683. The molecule has 168 valence electrons. The van der Waals surface area contributed by atoms with E-state index >= 15 is 0 Å². The number of nitrogens with one attached hydrogen (secondary N) is 2. The normalized spacial score (nSPS) is 11.2. The first-order chi connectivity index (χ1) is 16.0.